The number of ketones is 1. The van der Waals surface area contributed by atoms with Crippen LogP contribution in [0.4, 0.5) is 5.69 Å². The van der Waals surface area contributed by atoms with Crippen molar-refractivity contribution >= 4 is 11.5 Å². The van der Waals surface area contributed by atoms with Gasteiger partial charge in [-0.2, -0.15) is 0 Å². The Balaban J connectivity index is 2.25. The van der Waals surface area contributed by atoms with Gasteiger partial charge in [0.25, 0.3) is 0 Å². The summed E-state index contributed by atoms with van der Waals surface area (Å²) >= 11 is 0. The molecule has 1 heterocycles. The van der Waals surface area contributed by atoms with Gasteiger partial charge in [0, 0.05) is 12.1 Å². The van der Waals surface area contributed by atoms with Crippen LogP contribution in [0.25, 0.3) is 0 Å². The minimum absolute atomic E-state index is 0.0691. The standard InChI is InChI=1S/C13H18N2O2/c1-8-13(7-14-3)17-12-5-4-10(9(2)16)6-11(12)15-8/h4-6,8,13-15H,7H2,1-3H3. The number of Topliss-reactive ketones (excluding diaryl/α,β-unsaturated/α-hetero) is 1. The maximum atomic E-state index is 11.3. The number of likely N-dealkylation sites (N-methyl/N-ethyl adjacent to an activating group) is 1. The number of hydrogen-bond donors (Lipinski definition) is 2. The summed E-state index contributed by atoms with van der Waals surface area (Å²) in [6, 6.07) is 5.73. The Morgan fingerprint density at radius 2 is 2.29 bits per heavy atom. The molecule has 0 saturated carbocycles. The number of carbonyl (C=O) groups excluding carboxylic acids is 1. The lowest BCUT2D eigenvalue weighted by molar-refractivity contribution is 0.101. The fraction of sp³-hybridized carbons (Fsp3) is 0.462. The summed E-state index contributed by atoms with van der Waals surface area (Å²) in [6.45, 7) is 4.44. The monoisotopic (exact) mass is 234 g/mol. The molecule has 0 radical (unpaired) electrons. The molecule has 0 saturated heterocycles. The van der Waals surface area contributed by atoms with Crippen molar-refractivity contribution in [3.63, 3.8) is 0 Å². The van der Waals surface area contributed by atoms with Gasteiger partial charge in [-0.1, -0.05) is 0 Å². The molecular weight excluding hydrogens is 216 g/mol. The van der Waals surface area contributed by atoms with Crippen molar-refractivity contribution in [1.82, 2.24) is 5.32 Å². The minimum atomic E-state index is 0.0691. The Kier molecular flexibility index (Phi) is 3.33. The first-order valence-corrected chi connectivity index (χ1v) is 5.84. The van der Waals surface area contributed by atoms with Gasteiger partial charge in [-0.15, -0.1) is 0 Å². The second kappa shape index (κ2) is 4.75. The molecule has 0 aliphatic carbocycles. The quantitative estimate of drug-likeness (QED) is 0.781. The first-order valence-electron chi connectivity index (χ1n) is 5.84. The van der Waals surface area contributed by atoms with Crippen molar-refractivity contribution in [1.29, 1.82) is 0 Å². The average Bonchev–Trinajstić information content (AvgIpc) is 2.29. The largest absolute Gasteiger partial charge is 0.485 e. The third kappa shape index (κ3) is 2.42. The molecule has 2 atom stereocenters. The molecule has 92 valence electrons. The van der Waals surface area contributed by atoms with E-state index in [-0.39, 0.29) is 17.9 Å². The van der Waals surface area contributed by atoms with Gasteiger partial charge in [-0.25, -0.2) is 0 Å². The van der Waals surface area contributed by atoms with E-state index >= 15 is 0 Å². The molecular formula is C13H18N2O2. The fourth-order valence-corrected chi connectivity index (χ4v) is 1.99. The number of hydrogen-bond acceptors (Lipinski definition) is 4. The molecule has 0 amide bonds. The Labute approximate surface area is 101 Å². The number of benzene rings is 1. The summed E-state index contributed by atoms with van der Waals surface area (Å²) in [4.78, 5) is 11.3. The average molecular weight is 234 g/mol. The summed E-state index contributed by atoms with van der Waals surface area (Å²) in [6.07, 6.45) is 0.107. The van der Waals surface area contributed by atoms with E-state index in [2.05, 4.69) is 17.6 Å². The zero-order valence-corrected chi connectivity index (χ0v) is 10.4. The summed E-state index contributed by atoms with van der Waals surface area (Å²) in [7, 11) is 1.91. The zero-order chi connectivity index (χ0) is 12.4. The summed E-state index contributed by atoms with van der Waals surface area (Å²) in [5, 5.41) is 6.48. The van der Waals surface area contributed by atoms with E-state index < -0.39 is 0 Å². The van der Waals surface area contributed by atoms with E-state index in [4.69, 9.17) is 4.74 Å². The number of rotatable bonds is 3. The van der Waals surface area contributed by atoms with Crippen molar-refractivity contribution in [2.24, 2.45) is 0 Å². The van der Waals surface area contributed by atoms with Gasteiger partial charge in [0.15, 0.2) is 5.78 Å². The highest BCUT2D eigenvalue weighted by atomic mass is 16.5. The van der Waals surface area contributed by atoms with Crippen molar-refractivity contribution in [2.45, 2.75) is 26.0 Å². The minimum Gasteiger partial charge on any atom is -0.485 e. The number of anilines is 1. The van der Waals surface area contributed by atoms with Gasteiger partial charge in [-0.3, -0.25) is 4.79 Å². The Morgan fingerprint density at radius 3 is 2.94 bits per heavy atom. The van der Waals surface area contributed by atoms with Crippen LogP contribution in [0.15, 0.2) is 18.2 Å². The predicted molar refractivity (Wildman–Crippen MR) is 67.9 cm³/mol. The lowest BCUT2D eigenvalue weighted by Gasteiger charge is -2.33. The molecule has 1 aromatic carbocycles. The van der Waals surface area contributed by atoms with E-state index in [0.29, 0.717) is 5.56 Å². The molecule has 1 aliphatic rings. The van der Waals surface area contributed by atoms with Gasteiger partial charge < -0.3 is 15.4 Å². The van der Waals surface area contributed by atoms with Crippen LogP contribution in [0.3, 0.4) is 0 Å². The summed E-state index contributed by atoms with van der Waals surface area (Å²) < 4.78 is 5.88. The molecule has 0 fully saturated rings. The van der Waals surface area contributed by atoms with Crippen LogP contribution in [0.5, 0.6) is 5.75 Å². The van der Waals surface area contributed by atoms with E-state index in [1.54, 1.807) is 13.0 Å². The topological polar surface area (TPSA) is 50.4 Å². The molecule has 2 rings (SSSR count). The Morgan fingerprint density at radius 1 is 1.53 bits per heavy atom. The molecule has 1 aliphatic heterocycles. The SMILES string of the molecule is CNCC1Oc2ccc(C(C)=O)cc2NC1C. The number of carbonyl (C=O) groups is 1. The maximum Gasteiger partial charge on any atom is 0.159 e. The third-order valence-electron chi connectivity index (χ3n) is 3.01. The van der Waals surface area contributed by atoms with Crippen LogP contribution >= 0.6 is 0 Å². The lowest BCUT2D eigenvalue weighted by Crippen LogP contribution is -2.45. The van der Waals surface area contributed by atoms with Crippen LogP contribution in [0, 0.1) is 0 Å². The van der Waals surface area contributed by atoms with Gasteiger partial charge >= 0.3 is 0 Å². The second-order valence-electron chi connectivity index (χ2n) is 4.41. The number of ether oxygens (including phenoxy) is 1. The molecule has 2 N–H and O–H groups in total. The smallest absolute Gasteiger partial charge is 0.159 e. The first-order chi connectivity index (χ1) is 8.11. The molecule has 2 unspecified atom stereocenters. The van der Waals surface area contributed by atoms with Crippen molar-refractivity contribution in [3.8, 4) is 5.75 Å². The highest BCUT2D eigenvalue weighted by Crippen LogP contribution is 2.32. The Hall–Kier alpha value is -1.55. The van der Waals surface area contributed by atoms with Gasteiger partial charge in [0.05, 0.1) is 11.7 Å². The number of nitrogens with one attached hydrogen (secondary N) is 2. The van der Waals surface area contributed by atoms with E-state index in [9.17, 15) is 4.79 Å². The van der Waals surface area contributed by atoms with Gasteiger partial charge in [-0.05, 0) is 39.1 Å². The van der Waals surface area contributed by atoms with E-state index in [1.807, 2.05) is 19.2 Å². The Bertz CT molecular complexity index is 431. The van der Waals surface area contributed by atoms with Crippen molar-refractivity contribution < 1.29 is 9.53 Å². The van der Waals surface area contributed by atoms with Crippen molar-refractivity contribution in [2.75, 3.05) is 18.9 Å². The normalized spacial score (nSPS) is 22.3. The first kappa shape index (κ1) is 11.9. The molecule has 17 heavy (non-hydrogen) atoms. The summed E-state index contributed by atoms with van der Waals surface area (Å²) in [5.41, 5.74) is 1.61. The molecule has 0 aromatic heterocycles. The third-order valence-corrected chi connectivity index (χ3v) is 3.01. The van der Waals surface area contributed by atoms with Crippen LogP contribution in [0.2, 0.25) is 0 Å². The molecule has 4 nitrogen and oxygen atoms in total. The van der Waals surface area contributed by atoms with E-state index in [1.165, 1.54) is 0 Å². The maximum absolute atomic E-state index is 11.3. The lowest BCUT2D eigenvalue weighted by atomic mass is 10.1. The predicted octanol–water partition coefficient (Wildman–Crippen LogP) is 1.67. The second-order valence-corrected chi connectivity index (χ2v) is 4.41. The van der Waals surface area contributed by atoms with Gasteiger partial charge in [0.1, 0.15) is 11.9 Å². The molecule has 1 aromatic rings. The van der Waals surface area contributed by atoms with Crippen LogP contribution < -0.4 is 15.4 Å². The molecule has 0 bridgehead atoms. The van der Waals surface area contributed by atoms with Crippen LogP contribution in [-0.2, 0) is 0 Å². The zero-order valence-electron chi connectivity index (χ0n) is 10.4. The van der Waals surface area contributed by atoms with Crippen LogP contribution in [-0.4, -0.2) is 31.5 Å². The van der Waals surface area contributed by atoms with E-state index in [0.717, 1.165) is 18.0 Å². The fourth-order valence-electron chi connectivity index (χ4n) is 1.99. The number of fused-ring (bicyclic) bond motifs is 1. The summed E-state index contributed by atoms with van der Waals surface area (Å²) in [5.74, 6) is 0.882. The molecule has 4 heteroatoms. The van der Waals surface area contributed by atoms with Gasteiger partial charge in [0.2, 0.25) is 0 Å². The highest BCUT2D eigenvalue weighted by Gasteiger charge is 2.25. The molecule has 0 spiro atoms. The van der Waals surface area contributed by atoms with Crippen LogP contribution in [0.1, 0.15) is 24.2 Å². The highest BCUT2D eigenvalue weighted by molar-refractivity contribution is 5.95. The van der Waals surface area contributed by atoms with Crippen molar-refractivity contribution in [3.05, 3.63) is 23.8 Å².